The molecule has 0 atom stereocenters. The quantitative estimate of drug-likeness (QED) is 0.650. The first kappa shape index (κ1) is 14.0. The van der Waals surface area contributed by atoms with Crippen molar-refractivity contribution in [3.05, 3.63) is 51.7 Å². The molecule has 106 valence electrons. The maximum atomic E-state index is 11.8. The molecule has 5 nitrogen and oxygen atoms in total. The maximum absolute atomic E-state index is 11.8. The van der Waals surface area contributed by atoms with Crippen LogP contribution in [0.5, 0.6) is 0 Å². The van der Waals surface area contributed by atoms with Crippen LogP contribution in [-0.4, -0.2) is 27.8 Å². The van der Waals surface area contributed by atoms with Crippen molar-refractivity contribution in [3.63, 3.8) is 0 Å². The van der Waals surface area contributed by atoms with Crippen LogP contribution >= 0.6 is 27.5 Å². The van der Waals surface area contributed by atoms with Crippen molar-refractivity contribution in [1.29, 1.82) is 0 Å². The van der Waals surface area contributed by atoms with Gasteiger partial charge in [0, 0.05) is 15.7 Å². The lowest BCUT2D eigenvalue weighted by atomic mass is 10.2. The second-order valence-electron chi connectivity index (χ2n) is 4.25. The summed E-state index contributed by atoms with van der Waals surface area (Å²) in [7, 11) is 1.32. The molecule has 0 aliphatic carbocycles. The number of halogens is 2. The molecule has 0 spiro atoms. The predicted molar refractivity (Wildman–Crippen MR) is 82.9 cm³/mol. The van der Waals surface area contributed by atoms with Crippen molar-refractivity contribution < 1.29 is 9.53 Å². The summed E-state index contributed by atoms with van der Waals surface area (Å²) < 4.78 is 7.14. The molecule has 0 radical (unpaired) electrons. The Kier molecular flexibility index (Phi) is 3.65. The number of hydrogen-bond donors (Lipinski definition) is 0. The minimum Gasteiger partial charge on any atom is -0.464 e. The fourth-order valence-electron chi connectivity index (χ4n) is 2.04. The molecule has 2 aromatic heterocycles. The molecule has 0 N–H and O–H groups in total. The van der Waals surface area contributed by atoms with E-state index in [1.165, 1.54) is 7.11 Å². The standard InChI is InChI=1S/C14H9BrClN3O2/c1-21-14(20)12-11-3-2-4-17-13(11)19(18-12)10-6-8(15)5-9(16)7-10/h2-7H,1H3. The Morgan fingerprint density at radius 3 is 2.90 bits per heavy atom. The number of ether oxygens (including phenoxy) is 1. The maximum Gasteiger partial charge on any atom is 0.359 e. The number of benzene rings is 1. The van der Waals surface area contributed by atoms with Crippen LogP contribution in [0.3, 0.4) is 0 Å². The highest BCUT2D eigenvalue weighted by atomic mass is 79.9. The van der Waals surface area contributed by atoms with Crippen LogP contribution in [0.15, 0.2) is 41.0 Å². The number of hydrogen-bond acceptors (Lipinski definition) is 4. The van der Waals surface area contributed by atoms with Crippen LogP contribution in [-0.2, 0) is 4.74 Å². The number of methoxy groups -OCH3 is 1. The molecule has 0 amide bonds. The van der Waals surface area contributed by atoms with Gasteiger partial charge >= 0.3 is 5.97 Å². The molecular weight excluding hydrogens is 358 g/mol. The van der Waals surface area contributed by atoms with E-state index in [1.807, 2.05) is 6.07 Å². The van der Waals surface area contributed by atoms with Gasteiger partial charge in [-0.15, -0.1) is 0 Å². The van der Waals surface area contributed by atoms with E-state index in [1.54, 1.807) is 35.1 Å². The summed E-state index contributed by atoms with van der Waals surface area (Å²) in [5, 5.41) is 5.49. The van der Waals surface area contributed by atoms with Gasteiger partial charge in [0.1, 0.15) is 0 Å². The van der Waals surface area contributed by atoms with Gasteiger partial charge in [-0.1, -0.05) is 27.5 Å². The average molecular weight is 367 g/mol. The Morgan fingerprint density at radius 2 is 2.19 bits per heavy atom. The minimum atomic E-state index is -0.507. The number of carbonyl (C=O) groups is 1. The SMILES string of the molecule is COC(=O)c1nn(-c2cc(Cl)cc(Br)c2)c2ncccc12. The van der Waals surface area contributed by atoms with E-state index < -0.39 is 5.97 Å². The summed E-state index contributed by atoms with van der Waals surface area (Å²) in [5.74, 6) is -0.507. The van der Waals surface area contributed by atoms with Crippen LogP contribution in [0, 0.1) is 0 Å². The van der Waals surface area contributed by atoms with Crippen molar-refractivity contribution >= 4 is 44.5 Å². The first-order valence-electron chi connectivity index (χ1n) is 5.98. The number of nitrogens with zero attached hydrogens (tertiary/aromatic N) is 3. The molecule has 1 aromatic carbocycles. The topological polar surface area (TPSA) is 57.0 Å². The Hall–Kier alpha value is -1.92. The molecule has 3 rings (SSSR count). The van der Waals surface area contributed by atoms with Gasteiger partial charge in [-0.2, -0.15) is 5.10 Å². The van der Waals surface area contributed by atoms with E-state index in [4.69, 9.17) is 16.3 Å². The zero-order valence-electron chi connectivity index (χ0n) is 10.9. The number of fused-ring (bicyclic) bond motifs is 1. The highest BCUT2D eigenvalue weighted by Crippen LogP contribution is 2.25. The summed E-state index contributed by atoms with van der Waals surface area (Å²) >= 11 is 9.45. The van der Waals surface area contributed by atoms with Gasteiger partial charge in [-0.3, -0.25) is 0 Å². The van der Waals surface area contributed by atoms with Gasteiger partial charge in [0.25, 0.3) is 0 Å². The van der Waals surface area contributed by atoms with Gasteiger partial charge in [0.2, 0.25) is 0 Å². The average Bonchev–Trinajstić information content (AvgIpc) is 2.85. The normalized spacial score (nSPS) is 10.8. The van der Waals surface area contributed by atoms with Crippen molar-refractivity contribution in [1.82, 2.24) is 14.8 Å². The van der Waals surface area contributed by atoms with E-state index in [2.05, 4.69) is 26.0 Å². The van der Waals surface area contributed by atoms with E-state index in [-0.39, 0.29) is 5.69 Å². The van der Waals surface area contributed by atoms with E-state index >= 15 is 0 Å². The van der Waals surface area contributed by atoms with Crippen molar-refractivity contribution in [2.24, 2.45) is 0 Å². The lowest BCUT2D eigenvalue weighted by Gasteiger charge is -2.04. The Labute approximate surface area is 133 Å². The fraction of sp³-hybridized carbons (Fsp3) is 0.0714. The van der Waals surface area contributed by atoms with Crippen LogP contribution in [0.2, 0.25) is 5.02 Å². The third-order valence-corrected chi connectivity index (χ3v) is 3.59. The van der Waals surface area contributed by atoms with Crippen molar-refractivity contribution in [3.8, 4) is 5.69 Å². The molecule has 0 saturated carbocycles. The van der Waals surface area contributed by atoms with Gasteiger partial charge in [-0.05, 0) is 30.3 Å². The Balaban J connectivity index is 2.30. The predicted octanol–water partition coefficient (Wildman–Crippen LogP) is 3.62. The Morgan fingerprint density at radius 1 is 1.38 bits per heavy atom. The van der Waals surface area contributed by atoms with E-state index in [0.717, 1.165) is 4.47 Å². The molecule has 21 heavy (non-hydrogen) atoms. The largest absolute Gasteiger partial charge is 0.464 e. The second-order valence-corrected chi connectivity index (χ2v) is 5.61. The van der Waals surface area contributed by atoms with Crippen molar-refractivity contribution in [2.75, 3.05) is 7.11 Å². The number of aromatic nitrogens is 3. The fourth-order valence-corrected chi connectivity index (χ4v) is 2.88. The van der Waals surface area contributed by atoms with E-state index in [9.17, 15) is 4.79 Å². The van der Waals surface area contributed by atoms with Gasteiger partial charge in [0.15, 0.2) is 11.3 Å². The smallest absolute Gasteiger partial charge is 0.359 e. The lowest BCUT2D eigenvalue weighted by molar-refractivity contribution is 0.0595. The van der Waals surface area contributed by atoms with Crippen LogP contribution in [0.1, 0.15) is 10.5 Å². The minimum absolute atomic E-state index is 0.219. The molecule has 0 aliphatic rings. The highest BCUT2D eigenvalue weighted by molar-refractivity contribution is 9.10. The highest BCUT2D eigenvalue weighted by Gasteiger charge is 2.19. The first-order chi connectivity index (χ1) is 10.1. The zero-order chi connectivity index (χ0) is 15.0. The second kappa shape index (κ2) is 5.46. The lowest BCUT2D eigenvalue weighted by Crippen LogP contribution is -2.04. The van der Waals surface area contributed by atoms with Gasteiger partial charge in [-0.25, -0.2) is 14.5 Å². The molecule has 2 heterocycles. The Bertz CT molecular complexity index is 827. The summed E-state index contributed by atoms with van der Waals surface area (Å²) in [6.07, 6.45) is 1.64. The van der Waals surface area contributed by atoms with Crippen LogP contribution in [0.4, 0.5) is 0 Å². The third-order valence-electron chi connectivity index (χ3n) is 2.91. The number of esters is 1. The summed E-state index contributed by atoms with van der Waals surface area (Å²) in [6.45, 7) is 0. The van der Waals surface area contributed by atoms with Crippen LogP contribution < -0.4 is 0 Å². The molecular formula is C14H9BrClN3O2. The summed E-state index contributed by atoms with van der Waals surface area (Å²) in [5.41, 5.74) is 1.48. The number of pyridine rings is 1. The molecule has 0 saturated heterocycles. The summed E-state index contributed by atoms with van der Waals surface area (Å²) in [6, 6.07) is 8.88. The molecule has 0 bridgehead atoms. The van der Waals surface area contributed by atoms with Crippen LogP contribution in [0.25, 0.3) is 16.7 Å². The molecule has 3 aromatic rings. The van der Waals surface area contributed by atoms with Crippen molar-refractivity contribution in [2.45, 2.75) is 0 Å². The number of carbonyl (C=O) groups excluding carboxylic acids is 1. The molecule has 0 fully saturated rings. The molecule has 0 unspecified atom stereocenters. The van der Waals surface area contributed by atoms with E-state index in [0.29, 0.717) is 21.7 Å². The van der Waals surface area contributed by atoms with Gasteiger partial charge in [0.05, 0.1) is 18.2 Å². The zero-order valence-corrected chi connectivity index (χ0v) is 13.2. The first-order valence-corrected chi connectivity index (χ1v) is 7.16. The molecule has 0 aliphatic heterocycles. The molecule has 7 heteroatoms. The monoisotopic (exact) mass is 365 g/mol. The van der Waals surface area contributed by atoms with Gasteiger partial charge < -0.3 is 4.74 Å². The third kappa shape index (κ3) is 2.52. The number of rotatable bonds is 2. The summed E-state index contributed by atoms with van der Waals surface area (Å²) in [4.78, 5) is 16.1.